The molecule has 0 fully saturated rings. The minimum atomic E-state index is -4.94. The Kier molecular flexibility index (Phi) is 43.8. The summed E-state index contributed by atoms with van der Waals surface area (Å²) in [6.07, 6.45) is 10.9. The number of aryl methyl sites for hydroxylation is 2. The van der Waals surface area contributed by atoms with Crippen molar-refractivity contribution in [2.45, 2.75) is 87.0 Å². The number of phenols is 1. The first-order valence-electron chi connectivity index (χ1n) is 27.3. The van der Waals surface area contributed by atoms with Gasteiger partial charge in [0.15, 0.2) is 0 Å². The van der Waals surface area contributed by atoms with Crippen LogP contribution in [0.25, 0.3) is 11.1 Å². The summed E-state index contributed by atoms with van der Waals surface area (Å²) >= 11 is 0. The molecule has 0 saturated heterocycles. The van der Waals surface area contributed by atoms with Crippen LogP contribution in [0.4, 0.5) is 0 Å². The molecule has 0 unspecified atom stereocenters. The standard InChI is InChI=1S/C56H60N10O2.3C2H3N.3ClHO4.2Mn/c1-43-31-45(35-63(37-47-15-3-9-21-57-47)27-29-65(39-49-17-5-11-23-59-49)40-50-18-6-12-24-60-50)55(67)53(33-43)54-34-44(2)32-46(56(54)68)36-64(38-48-16-4-10-22-58-48)28-30-66(41-51-19-7-13-25-61-51)42-52-20-8-14-26-62-52;3*1-2-3;3*2-1(3,4)5;;/h3-26,31-34,67-68H,27-30,35-42H2,1-2H3;3*1H3;3*(H,2,3,4,5);;/q;;;;;;;2*+2/p-4. The van der Waals surface area contributed by atoms with Gasteiger partial charge >= 0.3 is 34.1 Å². The smallest absolute Gasteiger partial charge is 0.872 e. The van der Waals surface area contributed by atoms with Crippen LogP contribution < -0.4 is 61.0 Å². The Labute approximate surface area is 573 Å². The summed E-state index contributed by atoms with van der Waals surface area (Å²) in [7, 11) is -14.8. The zero-order chi connectivity index (χ0) is 68.5. The summed E-state index contributed by atoms with van der Waals surface area (Å²) in [4.78, 5) is 37.1. The summed E-state index contributed by atoms with van der Waals surface area (Å²) in [5, 5.41) is 49.1. The maximum atomic E-state index is 14.8. The maximum absolute atomic E-state index is 14.8. The van der Waals surface area contributed by atoms with E-state index >= 15 is 0 Å². The minimum absolute atomic E-state index is 0. The quantitative estimate of drug-likeness (QED) is 0.0594. The van der Waals surface area contributed by atoms with E-state index in [9.17, 15) is 10.2 Å². The molecule has 0 bridgehead atoms. The molecule has 0 amide bonds. The van der Waals surface area contributed by atoms with Crippen molar-refractivity contribution in [1.29, 1.82) is 15.8 Å². The number of rotatable bonds is 23. The Morgan fingerprint density at radius 1 is 0.362 bits per heavy atom. The minimum Gasteiger partial charge on any atom is -0.872 e. The van der Waals surface area contributed by atoms with E-state index in [0.29, 0.717) is 95.2 Å². The van der Waals surface area contributed by atoms with Crippen molar-refractivity contribution in [3.05, 3.63) is 227 Å². The number of nitrogens with zero attached hydrogens (tertiary/aromatic N) is 13. The molecule has 2 radical (unpaired) electrons. The molecule has 27 nitrogen and oxygen atoms in total. The molecule has 0 aliphatic rings. The van der Waals surface area contributed by atoms with Crippen molar-refractivity contribution in [2.24, 2.45) is 0 Å². The van der Waals surface area contributed by atoms with Crippen LogP contribution in [0.3, 0.4) is 0 Å². The second kappa shape index (κ2) is 47.5. The van der Waals surface area contributed by atoms with Crippen LogP contribution in [0.5, 0.6) is 11.5 Å². The molecule has 0 aliphatic heterocycles. The fourth-order valence-corrected chi connectivity index (χ4v) is 8.57. The van der Waals surface area contributed by atoms with Gasteiger partial charge in [-0.05, 0) is 109 Å². The van der Waals surface area contributed by atoms with E-state index < -0.39 is 30.7 Å². The third-order valence-electron chi connectivity index (χ3n) is 11.9. The number of benzene rings is 2. The van der Waals surface area contributed by atoms with Gasteiger partial charge in [-0.1, -0.05) is 65.9 Å². The van der Waals surface area contributed by atoms with Crippen molar-refractivity contribution in [3.8, 4) is 40.8 Å². The van der Waals surface area contributed by atoms with Crippen LogP contribution in [-0.4, -0.2) is 80.8 Å². The van der Waals surface area contributed by atoms with E-state index in [2.05, 4.69) is 49.5 Å². The van der Waals surface area contributed by atoms with Gasteiger partial charge in [0.1, 0.15) is 5.75 Å². The maximum Gasteiger partial charge on any atom is 2.00 e. The average Bonchev–Trinajstić information content (AvgIpc) is 0.790. The zero-order valence-electron chi connectivity index (χ0n) is 51.6. The molecule has 32 heteroatoms. The second-order valence-corrected chi connectivity index (χ2v) is 21.5. The number of halogens is 3. The Hall–Kier alpha value is -7.32. The van der Waals surface area contributed by atoms with Crippen LogP contribution in [0, 0.1) is 78.6 Å². The molecule has 94 heavy (non-hydrogen) atoms. The van der Waals surface area contributed by atoms with Crippen LogP contribution in [0.2, 0.25) is 0 Å². The van der Waals surface area contributed by atoms with Crippen molar-refractivity contribution in [3.63, 3.8) is 0 Å². The Morgan fingerprint density at radius 3 is 0.787 bits per heavy atom. The Balaban J connectivity index is 0.00000287. The summed E-state index contributed by atoms with van der Waals surface area (Å²) in [5.74, 6) is 0.0106. The fourth-order valence-electron chi connectivity index (χ4n) is 8.57. The predicted octanol–water partition coefficient (Wildman–Crippen LogP) is -4.15. The molecule has 6 aromatic heterocycles. The number of aromatic nitrogens is 6. The number of hydrogen-bond donors (Lipinski definition) is 1. The summed E-state index contributed by atoms with van der Waals surface area (Å²) in [6.45, 7) is 15.7. The number of aromatic hydroxyl groups is 1. The zero-order valence-corrected chi connectivity index (χ0v) is 56.2. The van der Waals surface area contributed by atoms with Gasteiger partial charge in [-0.25, -0.2) is 55.9 Å². The SMILES string of the molecule is CC#N.CC#N.CC#N.Cc1cc(CN(CCN(Cc2ccccn2)Cc2ccccn2)Cc2ccccn2)c([O-])c(-c2cc(C)cc(CN(CCN(Cc3ccccn3)Cc3ccccn3)Cc3ccccn3)c2O)c1.[Mn+2].[Mn+2].[O-][Cl+3]([O-])([O-])[O-].[O-][Cl+3]([O-])([O-])[O-].[O-][Cl+3]([O-])([O-])[O-]. The predicted molar refractivity (Wildman–Crippen MR) is 298 cm³/mol. The van der Waals surface area contributed by atoms with E-state index in [0.717, 1.165) is 50.9 Å². The van der Waals surface area contributed by atoms with Gasteiger partial charge in [0.05, 0.1) is 52.4 Å². The topological polar surface area (TPSA) is 482 Å². The van der Waals surface area contributed by atoms with Crippen molar-refractivity contribution in [2.75, 3.05) is 26.2 Å². The molecule has 500 valence electrons. The molecule has 6 heterocycles. The first-order valence-corrected chi connectivity index (χ1v) is 31.0. The number of pyridine rings is 6. The second-order valence-electron chi connectivity index (χ2n) is 19.2. The molecule has 2 aromatic carbocycles. The van der Waals surface area contributed by atoms with Crippen LogP contribution in [0.1, 0.15) is 77.2 Å². The Morgan fingerprint density at radius 2 is 0.564 bits per heavy atom. The van der Waals surface area contributed by atoms with Gasteiger partial charge in [0.2, 0.25) is 0 Å². The number of phenolic OH excluding ortho intramolecular Hbond substituents is 1. The molecule has 1 N–H and O–H groups in total. The first-order chi connectivity index (χ1) is 43.5. The average molecular weight is 1440 g/mol. The van der Waals surface area contributed by atoms with Gasteiger partial charge in [0.25, 0.3) is 0 Å². The fraction of sp³-hybridized carbons (Fsp3) is 0.274. The number of nitriles is 3. The van der Waals surface area contributed by atoms with E-state index in [-0.39, 0.29) is 45.6 Å². The van der Waals surface area contributed by atoms with E-state index in [1.54, 1.807) is 18.2 Å². The van der Waals surface area contributed by atoms with E-state index in [1.165, 1.54) is 20.8 Å². The molecule has 0 saturated carbocycles. The van der Waals surface area contributed by atoms with Crippen molar-refractivity contribution >= 4 is 0 Å². The number of hydrogen-bond acceptors (Lipinski definition) is 27. The van der Waals surface area contributed by atoms with E-state index in [4.69, 9.17) is 71.7 Å². The van der Waals surface area contributed by atoms with Gasteiger partial charge in [0, 0.05) is 148 Å². The van der Waals surface area contributed by atoms with Crippen LogP contribution in [0.15, 0.2) is 171 Å². The largest absolute Gasteiger partial charge is 2.00 e. The molecule has 8 aromatic rings. The molecule has 8 rings (SSSR count). The third kappa shape index (κ3) is 42.1. The Bertz CT molecular complexity index is 3090. The summed E-state index contributed by atoms with van der Waals surface area (Å²) < 4.78 is 102. The summed E-state index contributed by atoms with van der Waals surface area (Å²) in [5.41, 5.74) is 10.1. The van der Waals surface area contributed by atoms with Gasteiger partial charge in [-0.2, -0.15) is 15.8 Å². The monoisotopic (exact) mass is 1430 g/mol. The molecule has 0 spiro atoms. The molecular formula is C62H68Cl3Mn2N13O14. The first kappa shape index (κ1) is 86.7. The van der Waals surface area contributed by atoms with Gasteiger partial charge in [-0.3, -0.25) is 49.5 Å². The molecule has 0 aliphatic carbocycles. The van der Waals surface area contributed by atoms with Crippen LogP contribution in [-0.2, 0) is 86.5 Å². The van der Waals surface area contributed by atoms with Crippen molar-refractivity contribution in [1.82, 2.24) is 49.5 Å². The molecular weight excluding hydrogens is 1370 g/mol. The normalized spacial score (nSPS) is 10.5. The van der Waals surface area contributed by atoms with Gasteiger partial charge < -0.3 is 10.2 Å². The van der Waals surface area contributed by atoms with E-state index in [1.807, 2.05) is 184 Å². The molecule has 0 atom stereocenters. The third-order valence-corrected chi connectivity index (χ3v) is 11.9. The van der Waals surface area contributed by atoms with Gasteiger partial charge in [-0.15, -0.1) is 30.7 Å². The van der Waals surface area contributed by atoms with Crippen LogP contribution >= 0.6 is 0 Å². The summed E-state index contributed by atoms with van der Waals surface area (Å²) in [6, 6.07) is 49.0. The van der Waals surface area contributed by atoms with Crippen molar-refractivity contribution < 1.29 is 131 Å².